The van der Waals surface area contributed by atoms with Gasteiger partial charge in [0.25, 0.3) is 5.91 Å². The van der Waals surface area contributed by atoms with Crippen LogP contribution in [0.3, 0.4) is 0 Å². The third-order valence-electron chi connectivity index (χ3n) is 9.33. The van der Waals surface area contributed by atoms with Gasteiger partial charge in [0.15, 0.2) is 0 Å². The highest BCUT2D eigenvalue weighted by atomic mass is 32.2. The summed E-state index contributed by atoms with van der Waals surface area (Å²) in [4.78, 5) is 31.0. The summed E-state index contributed by atoms with van der Waals surface area (Å²) in [6.45, 7) is 6.35. The van der Waals surface area contributed by atoms with Gasteiger partial charge in [0.1, 0.15) is 11.4 Å². The number of aryl methyl sites for hydroxylation is 2. The molecule has 0 aromatic heterocycles. The van der Waals surface area contributed by atoms with Crippen molar-refractivity contribution in [2.45, 2.75) is 96.8 Å². The van der Waals surface area contributed by atoms with Crippen LogP contribution in [0.5, 0.6) is 0 Å². The number of sulfonamides is 1. The molecular weight excluding hydrogens is 569 g/mol. The van der Waals surface area contributed by atoms with Gasteiger partial charge in [0, 0.05) is 45.9 Å². The van der Waals surface area contributed by atoms with Crippen LogP contribution in [0.1, 0.15) is 80.5 Å². The maximum absolute atomic E-state index is 13.3. The second-order valence-electron chi connectivity index (χ2n) is 12.4. The Bertz CT molecular complexity index is 1290. The zero-order valence-corrected chi connectivity index (χ0v) is 25.8. The number of aliphatic imine (C=N–C) groups is 1. The Hall–Kier alpha value is -2.47. The third kappa shape index (κ3) is 7.72. The molecule has 4 rings (SSSR count). The summed E-state index contributed by atoms with van der Waals surface area (Å²) in [5, 5.41) is 2.93. The van der Waals surface area contributed by atoms with Crippen LogP contribution in [0.4, 0.5) is 13.2 Å². The number of rotatable bonds is 9. The Morgan fingerprint density at radius 2 is 1.71 bits per heavy atom. The van der Waals surface area contributed by atoms with Crippen LogP contribution in [0.2, 0.25) is 0 Å². The van der Waals surface area contributed by atoms with E-state index in [9.17, 15) is 31.2 Å². The normalized spacial score (nSPS) is 23.1. The number of carbonyl (C=O) groups excluding carboxylic acids is 2. The Morgan fingerprint density at radius 3 is 2.26 bits per heavy atom. The van der Waals surface area contributed by atoms with Gasteiger partial charge in [0.2, 0.25) is 15.9 Å². The highest BCUT2D eigenvalue weighted by molar-refractivity contribution is 7.89. The van der Waals surface area contributed by atoms with Crippen molar-refractivity contribution in [2.24, 2.45) is 16.8 Å². The van der Waals surface area contributed by atoms with Crippen molar-refractivity contribution in [1.82, 2.24) is 14.5 Å². The van der Waals surface area contributed by atoms with Gasteiger partial charge in [-0.25, -0.2) is 12.7 Å². The number of piperidine rings is 1. The SMILES string of the molecule is CC(=O)N(C)Cc1cc(C)c(CCS(=O)(=O)N2CCC3(CC2)N=C(C2CCC(CCC(F)(F)F)CC2)NC3=O)c(C)c1. The first-order valence-corrected chi connectivity index (χ1v) is 16.5. The van der Waals surface area contributed by atoms with Gasteiger partial charge in [-0.05, 0) is 93.4 Å². The van der Waals surface area contributed by atoms with Crippen LogP contribution < -0.4 is 5.32 Å². The fourth-order valence-electron chi connectivity index (χ4n) is 6.61. The lowest BCUT2D eigenvalue weighted by molar-refractivity contribution is -0.138. The third-order valence-corrected chi connectivity index (χ3v) is 11.2. The van der Waals surface area contributed by atoms with E-state index in [0.29, 0.717) is 57.3 Å². The molecule has 0 bridgehead atoms. The molecule has 2 heterocycles. The van der Waals surface area contributed by atoms with Crippen LogP contribution in [-0.4, -0.2) is 72.9 Å². The fraction of sp³-hybridized carbons (Fsp3) is 0.700. The summed E-state index contributed by atoms with van der Waals surface area (Å²) < 4.78 is 65.8. The van der Waals surface area contributed by atoms with Crippen molar-refractivity contribution >= 4 is 27.7 Å². The van der Waals surface area contributed by atoms with E-state index in [-0.39, 0.29) is 48.9 Å². The summed E-state index contributed by atoms with van der Waals surface area (Å²) in [6, 6.07) is 4.00. The molecule has 1 saturated heterocycles. The van der Waals surface area contributed by atoms with Crippen LogP contribution in [0.15, 0.2) is 17.1 Å². The Balaban J connectivity index is 1.31. The van der Waals surface area contributed by atoms with E-state index in [1.807, 2.05) is 26.0 Å². The van der Waals surface area contributed by atoms with Crippen molar-refractivity contribution in [3.05, 3.63) is 34.4 Å². The molecule has 2 aliphatic heterocycles. The van der Waals surface area contributed by atoms with Crippen LogP contribution >= 0.6 is 0 Å². The first-order chi connectivity index (χ1) is 19.6. The molecule has 8 nitrogen and oxygen atoms in total. The quantitative estimate of drug-likeness (QED) is 0.439. The summed E-state index contributed by atoms with van der Waals surface area (Å²) in [7, 11) is -1.81. The lowest BCUT2D eigenvalue weighted by Crippen LogP contribution is -2.51. The van der Waals surface area contributed by atoms with Crippen molar-refractivity contribution in [3.63, 3.8) is 0 Å². The maximum atomic E-state index is 13.3. The molecule has 1 N–H and O–H groups in total. The standard InChI is InChI=1S/C30H43F3N4O4S/c1-20-17-24(19-36(4)22(3)38)18-21(2)26(20)10-16-42(40,41)37-14-12-29(13-15-37)28(39)34-27(35-29)25-7-5-23(6-8-25)9-11-30(31,32)33/h17-18,23,25H,5-16,19H2,1-4H3,(H,34,35,39). The van der Waals surface area contributed by atoms with E-state index < -0.39 is 28.2 Å². The topological polar surface area (TPSA) is 99.2 Å². The monoisotopic (exact) mass is 612 g/mol. The molecular formula is C30H43F3N4O4S. The number of amidine groups is 1. The molecule has 12 heteroatoms. The number of carbonyl (C=O) groups is 2. The van der Waals surface area contributed by atoms with Crippen LogP contribution in [0.25, 0.3) is 0 Å². The smallest absolute Gasteiger partial charge is 0.342 e. The van der Waals surface area contributed by atoms with Crippen LogP contribution in [0, 0.1) is 25.7 Å². The van der Waals surface area contributed by atoms with Gasteiger partial charge in [-0.15, -0.1) is 0 Å². The minimum atomic E-state index is -4.13. The maximum Gasteiger partial charge on any atom is 0.389 e. The largest absolute Gasteiger partial charge is 0.389 e. The van der Waals surface area contributed by atoms with Crippen molar-refractivity contribution < 1.29 is 31.2 Å². The first-order valence-electron chi connectivity index (χ1n) is 14.8. The molecule has 2 amide bonds. The number of benzene rings is 1. The van der Waals surface area contributed by atoms with E-state index in [2.05, 4.69) is 5.32 Å². The lowest BCUT2D eigenvalue weighted by Gasteiger charge is -2.35. The molecule has 0 radical (unpaired) electrons. The molecule has 42 heavy (non-hydrogen) atoms. The zero-order valence-electron chi connectivity index (χ0n) is 25.0. The molecule has 0 unspecified atom stereocenters. The predicted molar refractivity (Wildman–Crippen MR) is 155 cm³/mol. The molecule has 2 fully saturated rings. The van der Waals surface area contributed by atoms with Gasteiger partial charge in [0.05, 0.1) is 5.75 Å². The number of nitrogens with zero attached hydrogens (tertiary/aromatic N) is 3. The highest BCUT2D eigenvalue weighted by Gasteiger charge is 2.48. The van der Waals surface area contributed by atoms with Gasteiger partial charge < -0.3 is 10.2 Å². The molecule has 3 aliphatic rings. The van der Waals surface area contributed by atoms with E-state index in [1.165, 1.54) is 11.2 Å². The molecule has 1 aliphatic carbocycles. The van der Waals surface area contributed by atoms with E-state index in [4.69, 9.17) is 4.99 Å². The Kier molecular flexibility index (Phi) is 9.76. The summed E-state index contributed by atoms with van der Waals surface area (Å²) in [5.74, 6) is 0.434. The first kappa shape index (κ1) is 32.4. The van der Waals surface area contributed by atoms with Crippen molar-refractivity contribution in [3.8, 4) is 0 Å². The van der Waals surface area contributed by atoms with E-state index >= 15 is 0 Å². The minimum Gasteiger partial charge on any atom is -0.342 e. The second-order valence-corrected chi connectivity index (χ2v) is 14.5. The van der Waals surface area contributed by atoms with Crippen LogP contribution in [-0.2, 0) is 32.6 Å². The summed E-state index contributed by atoms with van der Waals surface area (Å²) in [5.41, 5.74) is 3.01. The molecule has 1 spiro atoms. The number of amides is 2. The lowest BCUT2D eigenvalue weighted by atomic mass is 9.79. The highest BCUT2D eigenvalue weighted by Crippen LogP contribution is 2.38. The predicted octanol–water partition coefficient (Wildman–Crippen LogP) is 4.67. The zero-order chi connectivity index (χ0) is 30.9. The second kappa shape index (κ2) is 12.6. The van der Waals surface area contributed by atoms with Gasteiger partial charge in [-0.3, -0.25) is 14.6 Å². The number of hydrogen-bond acceptors (Lipinski definition) is 5. The molecule has 1 aromatic rings. The summed E-state index contributed by atoms with van der Waals surface area (Å²) >= 11 is 0. The number of halogens is 3. The van der Waals surface area contributed by atoms with Gasteiger partial charge in [-0.2, -0.15) is 13.2 Å². The van der Waals surface area contributed by atoms with E-state index in [1.54, 1.807) is 11.9 Å². The Morgan fingerprint density at radius 1 is 1.12 bits per heavy atom. The van der Waals surface area contributed by atoms with Crippen molar-refractivity contribution in [1.29, 1.82) is 0 Å². The molecule has 1 aromatic carbocycles. The molecule has 1 saturated carbocycles. The van der Waals surface area contributed by atoms with E-state index in [0.717, 1.165) is 22.3 Å². The average Bonchev–Trinajstić information content (AvgIpc) is 3.22. The van der Waals surface area contributed by atoms with Crippen molar-refractivity contribution in [2.75, 3.05) is 25.9 Å². The molecule has 0 atom stereocenters. The number of alkyl halides is 3. The average molecular weight is 613 g/mol. The summed E-state index contributed by atoms with van der Waals surface area (Å²) in [6.07, 6.45) is -0.987. The Labute approximate surface area is 247 Å². The minimum absolute atomic E-state index is 0.0220. The molecule has 234 valence electrons. The fourth-order valence-corrected chi connectivity index (χ4v) is 8.07. The number of nitrogens with one attached hydrogen (secondary N) is 1. The van der Waals surface area contributed by atoms with Gasteiger partial charge in [-0.1, -0.05) is 12.1 Å². The van der Waals surface area contributed by atoms with Gasteiger partial charge >= 0.3 is 6.18 Å². The number of hydrogen-bond donors (Lipinski definition) is 1.